The highest BCUT2D eigenvalue weighted by atomic mass is 35.5. The standard InChI is InChI=1S/C35H36Cl3N3O4S/c1-24-11-8-9-16-31(24)41(46(44,45)27-19-17-26(36)18-20-27)23-33(42)40(22-28-29(37)14-10-15-30(28)38)32(34(43)39-35(2,3)4)21-25-12-6-5-7-13-25/h5-20,32H,21-23H2,1-4H3,(H,39,43)/t32-/m1/s1. The molecule has 2 amide bonds. The van der Waals surface area contributed by atoms with Crippen LogP contribution in [-0.2, 0) is 32.6 Å². The molecule has 1 atom stereocenters. The first-order valence-electron chi connectivity index (χ1n) is 14.6. The number of amides is 2. The van der Waals surface area contributed by atoms with Crippen LogP contribution >= 0.6 is 34.8 Å². The van der Waals surface area contributed by atoms with Gasteiger partial charge in [0.05, 0.1) is 10.6 Å². The van der Waals surface area contributed by atoms with E-state index in [1.807, 2.05) is 51.1 Å². The second-order valence-electron chi connectivity index (χ2n) is 11.9. The van der Waals surface area contributed by atoms with E-state index >= 15 is 0 Å². The molecule has 0 fully saturated rings. The van der Waals surface area contributed by atoms with Crippen LogP contribution < -0.4 is 9.62 Å². The highest BCUT2D eigenvalue weighted by Crippen LogP contribution is 2.30. The number of hydrogen-bond donors (Lipinski definition) is 1. The van der Waals surface area contributed by atoms with Crippen molar-refractivity contribution in [2.45, 2.75) is 57.1 Å². The van der Waals surface area contributed by atoms with E-state index in [-0.39, 0.29) is 17.9 Å². The molecule has 0 radical (unpaired) electrons. The number of sulfonamides is 1. The van der Waals surface area contributed by atoms with Crippen LogP contribution in [0.4, 0.5) is 5.69 Å². The minimum Gasteiger partial charge on any atom is -0.350 e. The predicted molar refractivity (Wildman–Crippen MR) is 186 cm³/mol. The van der Waals surface area contributed by atoms with E-state index in [1.165, 1.54) is 29.2 Å². The molecule has 0 aliphatic heterocycles. The molecule has 0 aliphatic carbocycles. The van der Waals surface area contributed by atoms with Gasteiger partial charge in [-0.2, -0.15) is 0 Å². The Labute approximate surface area is 286 Å². The van der Waals surface area contributed by atoms with E-state index in [0.29, 0.717) is 31.9 Å². The maximum atomic E-state index is 14.6. The third kappa shape index (κ3) is 8.82. The van der Waals surface area contributed by atoms with Crippen molar-refractivity contribution < 1.29 is 18.0 Å². The number of nitrogens with one attached hydrogen (secondary N) is 1. The zero-order valence-electron chi connectivity index (χ0n) is 26.0. The average Bonchev–Trinajstić information content (AvgIpc) is 2.99. The Bertz CT molecular complexity index is 1770. The second-order valence-corrected chi connectivity index (χ2v) is 15.0. The predicted octanol–water partition coefficient (Wildman–Crippen LogP) is 7.71. The topological polar surface area (TPSA) is 86.8 Å². The summed E-state index contributed by atoms with van der Waals surface area (Å²) >= 11 is 19.2. The highest BCUT2D eigenvalue weighted by Gasteiger charge is 2.36. The SMILES string of the molecule is Cc1ccccc1N(CC(=O)N(Cc1c(Cl)cccc1Cl)[C@H](Cc1ccccc1)C(=O)NC(C)(C)C)S(=O)(=O)c1ccc(Cl)cc1. The lowest BCUT2D eigenvalue weighted by Gasteiger charge is -2.36. The molecule has 0 spiro atoms. The second kappa shape index (κ2) is 14.9. The summed E-state index contributed by atoms with van der Waals surface area (Å²) in [5.41, 5.74) is 1.58. The molecule has 0 unspecified atom stereocenters. The summed E-state index contributed by atoms with van der Waals surface area (Å²) < 4.78 is 29.5. The molecule has 0 aromatic heterocycles. The molecular formula is C35H36Cl3N3O4S. The van der Waals surface area contributed by atoms with Gasteiger partial charge < -0.3 is 10.2 Å². The first-order chi connectivity index (χ1) is 21.7. The molecule has 0 saturated heterocycles. The molecule has 4 aromatic rings. The summed E-state index contributed by atoms with van der Waals surface area (Å²) in [6, 6.07) is 25.9. The van der Waals surface area contributed by atoms with E-state index in [1.54, 1.807) is 49.4 Å². The Kier molecular flexibility index (Phi) is 11.4. The molecule has 0 bridgehead atoms. The van der Waals surface area contributed by atoms with Crippen molar-refractivity contribution in [1.82, 2.24) is 10.2 Å². The number of carbonyl (C=O) groups is 2. The zero-order valence-corrected chi connectivity index (χ0v) is 29.1. The van der Waals surface area contributed by atoms with E-state index in [0.717, 1.165) is 9.87 Å². The lowest BCUT2D eigenvalue weighted by molar-refractivity contribution is -0.140. The molecular weight excluding hydrogens is 665 g/mol. The largest absolute Gasteiger partial charge is 0.350 e. The summed E-state index contributed by atoms with van der Waals surface area (Å²) in [7, 11) is -4.27. The summed E-state index contributed by atoms with van der Waals surface area (Å²) in [5.74, 6) is -1.03. The Morgan fingerprint density at radius 1 is 0.804 bits per heavy atom. The van der Waals surface area contributed by atoms with Gasteiger partial charge in [-0.05, 0) is 81.3 Å². The van der Waals surface area contributed by atoms with Crippen LogP contribution in [0.3, 0.4) is 0 Å². The zero-order chi connectivity index (χ0) is 33.6. The van der Waals surface area contributed by atoms with E-state index in [9.17, 15) is 18.0 Å². The third-order valence-electron chi connectivity index (χ3n) is 7.22. The lowest BCUT2D eigenvalue weighted by Crippen LogP contribution is -2.56. The van der Waals surface area contributed by atoms with Gasteiger partial charge in [-0.3, -0.25) is 13.9 Å². The van der Waals surface area contributed by atoms with E-state index < -0.39 is 40.0 Å². The number of aryl methyl sites for hydroxylation is 1. The fourth-order valence-electron chi connectivity index (χ4n) is 4.95. The van der Waals surface area contributed by atoms with Gasteiger partial charge in [0, 0.05) is 39.1 Å². The van der Waals surface area contributed by atoms with Crippen molar-refractivity contribution >= 4 is 62.3 Å². The van der Waals surface area contributed by atoms with Crippen LogP contribution in [0.1, 0.15) is 37.5 Å². The summed E-state index contributed by atoms with van der Waals surface area (Å²) in [6.07, 6.45) is 0.158. The number of nitrogens with zero attached hydrogens (tertiary/aromatic N) is 2. The summed E-state index contributed by atoms with van der Waals surface area (Å²) in [4.78, 5) is 30.0. The monoisotopic (exact) mass is 699 g/mol. The van der Waals surface area contributed by atoms with Crippen LogP contribution in [0.5, 0.6) is 0 Å². The molecule has 4 aromatic carbocycles. The van der Waals surface area contributed by atoms with E-state index in [2.05, 4.69) is 5.32 Å². The van der Waals surface area contributed by atoms with Gasteiger partial charge in [-0.25, -0.2) is 8.42 Å². The van der Waals surface area contributed by atoms with Crippen LogP contribution in [0, 0.1) is 6.92 Å². The van der Waals surface area contributed by atoms with Crippen molar-refractivity contribution in [3.8, 4) is 0 Å². The maximum absolute atomic E-state index is 14.6. The number of halogens is 3. The van der Waals surface area contributed by atoms with Crippen LogP contribution in [0.2, 0.25) is 15.1 Å². The first kappa shape index (κ1) is 35.3. The van der Waals surface area contributed by atoms with Gasteiger partial charge in [0.15, 0.2) is 0 Å². The van der Waals surface area contributed by atoms with Crippen LogP contribution in [-0.4, -0.2) is 43.3 Å². The van der Waals surface area contributed by atoms with Crippen LogP contribution in [0.15, 0.2) is 102 Å². The maximum Gasteiger partial charge on any atom is 0.264 e. The van der Waals surface area contributed by atoms with Gasteiger partial charge in [0.2, 0.25) is 11.8 Å². The Morgan fingerprint density at radius 3 is 1.98 bits per heavy atom. The first-order valence-corrected chi connectivity index (χ1v) is 17.2. The molecule has 46 heavy (non-hydrogen) atoms. The van der Waals surface area contributed by atoms with Gasteiger partial charge >= 0.3 is 0 Å². The third-order valence-corrected chi connectivity index (χ3v) is 9.96. The normalized spacial score (nSPS) is 12.3. The average molecular weight is 701 g/mol. The Morgan fingerprint density at radius 2 is 1.39 bits per heavy atom. The smallest absolute Gasteiger partial charge is 0.264 e. The molecule has 7 nitrogen and oxygen atoms in total. The van der Waals surface area contributed by atoms with Crippen molar-refractivity contribution in [3.63, 3.8) is 0 Å². The van der Waals surface area contributed by atoms with Crippen LogP contribution in [0.25, 0.3) is 0 Å². The molecule has 0 heterocycles. The van der Waals surface area contributed by atoms with Crippen molar-refractivity contribution in [3.05, 3.63) is 129 Å². The minimum absolute atomic E-state index is 0.0417. The van der Waals surface area contributed by atoms with Crippen molar-refractivity contribution in [2.24, 2.45) is 0 Å². The Hall–Kier alpha value is -3.56. The fourth-order valence-corrected chi connectivity index (χ4v) is 7.07. The number of carbonyl (C=O) groups excluding carboxylic acids is 2. The summed E-state index contributed by atoms with van der Waals surface area (Å²) in [5, 5.41) is 3.99. The fraction of sp³-hybridized carbons (Fsp3) is 0.257. The lowest BCUT2D eigenvalue weighted by atomic mass is 10.0. The van der Waals surface area contributed by atoms with E-state index in [4.69, 9.17) is 34.8 Å². The van der Waals surface area contributed by atoms with Gasteiger partial charge in [0.25, 0.3) is 10.0 Å². The van der Waals surface area contributed by atoms with Gasteiger partial charge in [-0.1, -0.05) is 89.4 Å². The number of anilines is 1. The quantitative estimate of drug-likeness (QED) is 0.174. The van der Waals surface area contributed by atoms with Crippen molar-refractivity contribution in [1.29, 1.82) is 0 Å². The number of benzene rings is 4. The number of hydrogen-bond acceptors (Lipinski definition) is 4. The molecule has 4 rings (SSSR count). The highest BCUT2D eigenvalue weighted by molar-refractivity contribution is 7.92. The minimum atomic E-state index is -4.27. The van der Waals surface area contributed by atoms with Gasteiger partial charge in [-0.15, -0.1) is 0 Å². The number of para-hydroxylation sites is 1. The molecule has 0 aliphatic rings. The van der Waals surface area contributed by atoms with Crippen molar-refractivity contribution in [2.75, 3.05) is 10.8 Å². The molecule has 242 valence electrons. The molecule has 11 heteroatoms. The van der Waals surface area contributed by atoms with Gasteiger partial charge in [0.1, 0.15) is 12.6 Å². The molecule has 0 saturated carbocycles. The number of rotatable bonds is 11. The Balaban J connectivity index is 1.86. The summed E-state index contributed by atoms with van der Waals surface area (Å²) in [6.45, 7) is 6.56. The molecule has 1 N–H and O–H groups in total.